The Morgan fingerprint density at radius 3 is 2.30 bits per heavy atom. The topological polar surface area (TPSA) is 69.7 Å². The maximum absolute atomic E-state index is 12.6. The number of hydrogen-bond donors (Lipinski definition) is 1. The Labute approximate surface area is 182 Å². The smallest absolute Gasteiger partial charge is 0.233 e. The number of rotatable bonds is 7. The molecule has 0 unspecified atom stereocenters. The van der Waals surface area contributed by atoms with Crippen molar-refractivity contribution >= 4 is 29.3 Å². The van der Waals surface area contributed by atoms with Crippen molar-refractivity contribution in [1.82, 2.24) is 15.1 Å². The maximum Gasteiger partial charge on any atom is 0.233 e. The molecule has 3 atom stereocenters. The lowest BCUT2D eigenvalue weighted by Gasteiger charge is -2.29. The molecular formula is C23H30ClN3O3. The van der Waals surface area contributed by atoms with Gasteiger partial charge >= 0.3 is 0 Å². The van der Waals surface area contributed by atoms with Gasteiger partial charge in [0.1, 0.15) is 0 Å². The molecule has 0 bridgehead atoms. The fourth-order valence-electron chi connectivity index (χ4n) is 5.20. The Morgan fingerprint density at radius 2 is 1.67 bits per heavy atom. The van der Waals surface area contributed by atoms with Gasteiger partial charge in [-0.1, -0.05) is 42.6 Å². The lowest BCUT2D eigenvalue weighted by Crippen LogP contribution is -2.39. The van der Waals surface area contributed by atoms with E-state index in [4.69, 9.17) is 11.6 Å². The molecule has 0 aromatic heterocycles. The zero-order valence-corrected chi connectivity index (χ0v) is 18.1. The van der Waals surface area contributed by atoms with Gasteiger partial charge in [-0.25, -0.2) is 0 Å². The average molecular weight is 432 g/mol. The van der Waals surface area contributed by atoms with E-state index in [-0.39, 0.29) is 48.6 Å². The first-order chi connectivity index (χ1) is 14.6. The van der Waals surface area contributed by atoms with Crippen molar-refractivity contribution in [2.45, 2.75) is 51.0 Å². The molecule has 1 aromatic rings. The van der Waals surface area contributed by atoms with Gasteiger partial charge in [-0.3, -0.25) is 24.2 Å². The molecule has 0 radical (unpaired) electrons. The maximum atomic E-state index is 12.6. The molecule has 2 heterocycles. The molecule has 30 heavy (non-hydrogen) atoms. The first kappa shape index (κ1) is 21.3. The Kier molecular flexibility index (Phi) is 6.74. The van der Waals surface area contributed by atoms with E-state index in [0.29, 0.717) is 11.6 Å². The quantitative estimate of drug-likeness (QED) is 0.673. The predicted octanol–water partition coefficient (Wildman–Crippen LogP) is 3.16. The third-order valence-corrected chi connectivity index (χ3v) is 7.18. The monoisotopic (exact) mass is 431 g/mol. The highest BCUT2D eigenvalue weighted by Gasteiger charge is 2.47. The van der Waals surface area contributed by atoms with Crippen molar-refractivity contribution in [1.29, 1.82) is 0 Å². The first-order valence-electron chi connectivity index (χ1n) is 11.2. The minimum absolute atomic E-state index is 0.0306. The number of benzene rings is 1. The van der Waals surface area contributed by atoms with E-state index in [2.05, 4.69) is 10.2 Å². The highest BCUT2D eigenvalue weighted by atomic mass is 35.5. The Balaban J connectivity index is 1.33. The van der Waals surface area contributed by atoms with Gasteiger partial charge in [0.25, 0.3) is 0 Å². The minimum atomic E-state index is -0.158. The van der Waals surface area contributed by atoms with Crippen LogP contribution in [0.25, 0.3) is 0 Å². The van der Waals surface area contributed by atoms with E-state index in [0.717, 1.165) is 57.2 Å². The number of carbonyl (C=O) groups is 3. The molecule has 3 fully saturated rings. The van der Waals surface area contributed by atoms with Crippen LogP contribution >= 0.6 is 11.6 Å². The van der Waals surface area contributed by atoms with Gasteiger partial charge in [0.2, 0.25) is 17.7 Å². The van der Waals surface area contributed by atoms with Gasteiger partial charge in [-0.15, -0.1) is 0 Å². The Bertz CT molecular complexity index is 785. The van der Waals surface area contributed by atoms with Gasteiger partial charge in [-0.05, 0) is 50.4 Å². The first-order valence-corrected chi connectivity index (χ1v) is 11.5. The molecule has 4 rings (SSSR count). The lowest BCUT2D eigenvalue weighted by molar-refractivity contribution is -0.140. The fraction of sp³-hybridized carbons (Fsp3) is 0.609. The van der Waals surface area contributed by atoms with Crippen LogP contribution in [0.1, 0.15) is 56.6 Å². The summed E-state index contributed by atoms with van der Waals surface area (Å²) >= 11 is 6.43. The normalized spacial score (nSPS) is 25.4. The minimum Gasteiger partial charge on any atom is -0.354 e. The molecule has 1 saturated carbocycles. The summed E-state index contributed by atoms with van der Waals surface area (Å²) in [6, 6.07) is 7.80. The molecule has 1 aliphatic carbocycles. The molecule has 3 amide bonds. The molecule has 1 aromatic carbocycles. The van der Waals surface area contributed by atoms with Crippen molar-refractivity contribution in [2.24, 2.45) is 11.8 Å². The molecule has 7 heteroatoms. The fourth-order valence-corrected chi connectivity index (χ4v) is 5.46. The Hall–Kier alpha value is -1.92. The standard InChI is InChI=1S/C23H30ClN3O3/c24-19-10-4-3-9-18(19)20(26-12-5-6-13-26)15-25-21(28)11-14-27-22(29)16-7-1-2-8-17(16)23(27)30/h3-4,9-10,16-17,20H,1-2,5-8,11-15H2,(H,25,28)/t16-,17-,20+/m1/s1. The number of amides is 3. The molecule has 162 valence electrons. The number of nitrogens with zero attached hydrogens (tertiary/aromatic N) is 2. The van der Waals surface area contributed by atoms with Crippen LogP contribution in [-0.4, -0.2) is 53.7 Å². The summed E-state index contributed by atoms with van der Waals surface area (Å²) in [4.78, 5) is 41.4. The van der Waals surface area contributed by atoms with E-state index >= 15 is 0 Å². The largest absolute Gasteiger partial charge is 0.354 e. The van der Waals surface area contributed by atoms with Crippen LogP contribution in [-0.2, 0) is 14.4 Å². The van der Waals surface area contributed by atoms with Crippen molar-refractivity contribution in [3.63, 3.8) is 0 Å². The molecule has 0 spiro atoms. The van der Waals surface area contributed by atoms with E-state index < -0.39 is 0 Å². The van der Waals surface area contributed by atoms with E-state index in [1.54, 1.807) is 0 Å². The number of halogens is 1. The van der Waals surface area contributed by atoms with Gasteiger partial charge in [0, 0.05) is 24.5 Å². The zero-order chi connectivity index (χ0) is 21.1. The van der Waals surface area contributed by atoms with Crippen molar-refractivity contribution in [2.75, 3.05) is 26.2 Å². The summed E-state index contributed by atoms with van der Waals surface area (Å²) in [7, 11) is 0. The SMILES string of the molecule is O=C(CCN1C(=O)[C@@H]2CCCC[C@H]2C1=O)NC[C@@H](c1ccccc1Cl)N1CCCC1. The van der Waals surface area contributed by atoms with Crippen molar-refractivity contribution in [3.8, 4) is 0 Å². The van der Waals surface area contributed by atoms with Crippen molar-refractivity contribution in [3.05, 3.63) is 34.9 Å². The summed E-state index contributed by atoms with van der Waals surface area (Å²) in [5, 5.41) is 3.72. The van der Waals surface area contributed by atoms with E-state index in [1.807, 2.05) is 24.3 Å². The summed E-state index contributed by atoms with van der Waals surface area (Å²) in [5.41, 5.74) is 1.02. The van der Waals surface area contributed by atoms with Gasteiger partial charge in [0.15, 0.2) is 0 Å². The van der Waals surface area contributed by atoms with Crippen molar-refractivity contribution < 1.29 is 14.4 Å². The zero-order valence-electron chi connectivity index (χ0n) is 17.3. The third kappa shape index (κ3) is 4.40. The second-order valence-corrected chi connectivity index (χ2v) is 9.07. The van der Waals surface area contributed by atoms with Crippen LogP contribution in [0.15, 0.2) is 24.3 Å². The van der Waals surface area contributed by atoms with Crippen LogP contribution < -0.4 is 5.32 Å². The van der Waals surface area contributed by atoms with Gasteiger partial charge in [0.05, 0.1) is 17.9 Å². The highest BCUT2D eigenvalue weighted by Crippen LogP contribution is 2.38. The summed E-state index contributed by atoms with van der Waals surface area (Å²) in [6.45, 7) is 2.63. The lowest BCUT2D eigenvalue weighted by atomic mass is 9.81. The molecule has 3 aliphatic rings. The molecule has 6 nitrogen and oxygen atoms in total. The van der Waals surface area contributed by atoms with Crippen LogP contribution in [0.5, 0.6) is 0 Å². The molecule has 2 saturated heterocycles. The number of nitrogens with one attached hydrogen (secondary N) is 1. The Morgan fingerprint density at radius 1 is 1.03 bits per heavy atom. The van der Waals surface area contributed by atoms with Gasteiger partial charge in [-0.2, -0.15) is 0 Å². The van der Waals surface area contributed by atoms with Gasteiger partial charge < -0.3 is 5.32 Å². The number of likely N-dealkylation sites (tertiary alicyclic amines) is 2. The van der Waals surface area contributed by atoms with E-state index in [1.165, 1.54) is 4.90 Å². The number of fused-ring (bicyclic) bond motifs is 1. The number of carbonyl (C=O) groups excluding carboxylic acids is 3. The predicted molar refractivity (Wildman–Crippen MR) is 115 cm³/mol. The van der Waals surface area contributed by atoms with Crippen LogP contribution in [0, 0.1) is 11.8 Å². The second kappa shape index (κ2) is 9.48. The highest BCUT2D eigenvalue weighted by molar-refractivity contribution is 6.31. The third-order valence-electron chi connectivity index (χ3n) is 6.83. The molecule has 2 aliphatic heterocycles. The average Bonchev–Trinajstić information content (AvgIpc) is 3.36. The van der Waals surface area contributed by atoms with Crippen LogP contribution in [0.4, 0.5) is 0 Å². The second-order valence-electron chi connectivity index (χ2n) is 8.66. The van der Waals surface area contributed by atoms with Crippen LogP contribution in [0.3, 0.4) is 0 Å². The molecular weight excluding hydrogens is 402 g/mol. The summed E-state index contributed by atoms with van der Waals surface area (Å²) in [6.07, 6.45) is 6.06. The number of imide groups is 1. The van der Waals surface area contributed by atoms with Crippen LogP contribution in [0.2, 0.25) is 5.02 Å². The number of hydrogen-bond acceptors (Lipinski definition) is 4. The molecule has 1 N–H and O–H groups in total. The van der Waals surface area contributed by atoms with E-state index in [9.17, 15) is 14.4 Å². The summed E-state index contributed by atoms with van der Waals surface area (Å²) < 4.78 is 0. The summed E-state index contributed by atoms with van der Waals surface area (Å²) in [5.74, 6) is -0.614.